The highest BCUT2D eigenvalue weighted by Crippen LogP contribution is 2.09. The van der Waals surface area contributed by atoms with E-state index in [0.717, 1.165) is 24.2 Å². The minimum Gasteiger partial charge on any atom is -0.385 e. The standard InChI is InChI=1S/C18H23N3O2/c1-14-4-6-15(7-5-14)13-21-18(22)17-12-16(8-10-20-17)19-9-3-11-23-2/h4-8,10,12H,3,9,11,13H2,1-2H3,(H,19,20)(H,21,22). The molecule has 0 radical (unpaired) electrons. The summed E-state index contributed by atoms with van der Waals surface area (Å²) < 4.78 is 5.01. The number of aromatic nitrogens is 1. The van der Waals surface area contributed by atoms with Crippen molar-refractivity contribution in [2.75, 3.05) is 25.6 Å². The normalized spacial score (nSPS) is 10.3. The molecule has 23 heavy (non-hydrogen) atoms. The van der Waals surface area contributed by atoms with Crippen LogP contribution in [0.3, 0.4) is 0 Å². The largest absolute Gasteiger partial charge is 0.385 e. The number of amides is 1. The molecule has 1 aromatic heterocycles. The van der Waals surface area contributed by atoms with Gasteiger partial charge in [-0.1, -0.05) is 29.8 Å². The highest BCUT2D eigenvalue weighted by Gasteiger charge is 2.07. The van der Waals surface area contributed by atoms with Gasteiger partial charge in [0.05, 0.1) is 0 Å². The van der Waals surface area contributed by atoms with Gasteiger partial charge in [-0.15, -0.1) is 0 Å². The van der Waals surface area contributed by atoms with E-state index in [4.69, 9.17) is 4.74 Å². The monoisotopic (exact) mass is 313 g/mol. The van der Waals surface area contributed by atoms with E-state index in [2.05, 4.69) is 15.6 Å². The van der Waals surface area contributed by atoms with E-state index < -0.39 is 0 Å². The van der Waals surface area contributed by atoms with Gasteiger partial charge in [0.25, 0.3) is 5.91 Å². The Hall–Kier alpha value is -2.40. The maximum absolute atomic E-state index is 12.2. The van der Waals surface area contributed by atoms with E-state index in [9.17, 15) is 4.79 Å². The lowest BCUT2D eigenvalue weighted by Crippen LogP contribution is -2.23. The third kappa shape index (κ3) is 5.71. The van der Waals surface area contributed by atoms with Gasteiger partial charge in [0.2, 0.25) is 0 Å². The first-order valence-corrected chi connectivity index (χ1v) is 7.71. The summed E-state index contributed by atoms with van der Waals surface area (Å²) in [6, 6.07) is 11.7. The summed E-state index contributed by atoms with van der Waals surface area (Å²) in [7, 11) is 1.68. The molecule has 122 valence electrons. The molecule has 0 unspecified atom stereocenters. The van der Waals surface area contributed by atoms with Crippen molar-refractivity contribution in [3.05, 3.63) is 59.4 Å². The van der Waals surface area contributed by atoms with E-state index in [-0.39, 0.29) is 5.91 Å². The molecule has 0 spiro atoms. The fourth-order valence-electron chi connectivity index (χ4n) is 2.09. The molecule has 1 aromatic carbocycles. The number of nitrogens with zero attached hydrogens (tertiary/aromatic N) is 1. The van der Waals surface area contributed by atoms with Crippen molar-refractivity contribution >= 4 is 11.6 Å². The molecule has 0 aliphatic heterocycles. The Morgan fingerprint density at radius 3 is 2.74 bits per heavy atom. The van der Waals surface area contributed by atoms with Crippen molar-refractivity contribution in [3.8, 4) is 0 Å². The van der Waals surface area contributed by atoms with E-state index >= 15 is 0 Å². The van der Waals surface area contributed by atoms with Crippen LogP contribution >= 0.6 is 0 Å². The summed E-state index contributed by atoms with van der Waals surface area (Å²) in [6.45, 7) is 4.04. The van der Waals surface area contributed by atoms with Crippen LogP contribution in [-0.2, 0) is 11.3 Å². The summed E-state index contributed by atoms with van der Waals surface area (Å²) in [6.07, 6.45) is 2.55. The number of anilines is 1. The number of hydrogen-bond donors (Lipinski definition) is 2. The Bertz CT molecular complexity index is 626. The van der Waals surface area contributed by atoms with E-state index in [1.165, 1.54) is 5.56 Å². The number of ether oxygens (including phenoxy) is 1. The minimum absolute atomic E-state index is 0.175. The van der Waals surface area contributed by atoms with Gasteiger partial charge in [0.1, 0.15) is 5.69 Å². The maximum atomic E-state index is 12.2. The van der Waals surface area contributed by atoms with Gasteiger partial charge in [0, 0.05) is 38.7 Å². The molecule has 0 aliphatic rings. The Morgan fingerprint density at radius 1 is 1.22 bits per heavy atom. The zero-order valence-electron chi connectivity index (χ0n) is 13.6. The molecule has 1 amide bonds. The average Bonchev–Trinajstić information content (AvgIpc) is 2.58. The fourth-order valence-corrected chi connectivity index (χ4v) is 2.09. The topological polar surface area (TPSA) is 63.2 Å². The predicted octanol–water partition coefficient (Wildman–Crippen LogP) is 2.77. The molecular weight excluding hydrogens is 290 g/mol. The van der Waals surface area contributed by atoms with Crippen LogP contribution in [0.2, 0.25) is 0 Å². The third-order valence-electron chi connectivity index (χ3n) is 3.42. The first-order valence-electron chi connectivity index (χ1n) is 7.71. The summed E-state index contributed by atoms with van der Waals surface area (Å²) in [5, 5.41) is 6.14. The first kappa shape index (κ1) is 17.0. The van der Waals surface area contributed by atoms with Crippen LogP contribution in [0, 0.1) is 6.92 Å². The van der Waals surface area contributed by atoms with E-state index in [1.807, 2.05) is 37.3 Å². The fraction of sp³-hybridized carbons (Fsp3) is 0.333. The second-order valence-corrected chi connectivity index (χ2v) is 5.37. The zero-order chi connectivity index (χ0) is 16.5. The highest BCUT2D eigenvalue weighted by molar-refractivity contribution is 5.93. The minimum atomic E-state index is -0.175. The molecule has 5 nitrogen and oxygen atoms in total. The van der Waals surface area contributed by atoms with Crippen molar-refractivity contribution in [3.63, 3.8) is 0 Å². The molecule has 2 rings (SSSR count). The number of benzene rings is 1. The summed E-state index contributed by atoms with van der Waals surface area (Å²) in [5.41, 5.74) is 3.57. The van der Waals surface area contributed by atoms with Crippen LogP contribution in [0.1, 0.15) is 28.0 Å². The van der Waals surface area contributed by atoms with Crippen LogP contribution in [0.4, 0.5) is 5.69 Å². The van der Waals surface area contributed by atoms with Gasteiger partial charge in [-0.25, -0.2) is 0 Å². The van der Waals surface area contributed by atoms with Crippen LogP contribution in [0.5, 0.6) is 0 Å². The highest BCUT2D eigenvalue weighted by atomic mass is 16.5. The molecule has 0 fully saturated rings. The van der Waals surface area contributed by atoms with Crippen molar-refractivity contribution in [2.24, 2.45) is 0 Å². The van der Waals surface area contributed by atoms with Crippen molar-refractivity contribution < 1.29 is 9.53 Å². The number of pyridine rings is 1. The summed E-state index contributed by atoms with van der Waals surface area (Å²) >= 11 is 0. The maximum Gasteiger partial charge on any atom is 0.270 e. The van der Waals surface area contributed by atoms with Crippen LogP contribution in [0.25, 0.3) is 0 Å². The zero-order valence-corrected chi connectivity index (χ0v) is 13.6. The average molecular weight is 313 g/mol. The number of carbonyl (C=O) groups excluding carboxylic acids is 1. The molecule has 2 aromatic rings. The van der Waals surface area contributed by atoms with Gasteiger partial charge >= 0.3 is 0 Å². The Kier molecular flexibility index (Phi) is 6.56. The van der Waals surface area contributed by atoms with E-state index in [0.29, 0.717) is 18.8 Å². The molecule has 2 N–H and O–H groups in total. The van der Waals surface area contributed by atoms with Gasteiger partial charge < -0.3 is 15.4 Å². The van der Waals surface area contributed by atoms with Crippen molar-refractivity contribution in [1.29, 1.82) is 0 Å². The Labute approximate surface area is 137 Å². The second kappa shape index (κ2) is 8.90. The summed E-state index contributed by atoms with van der Waals surface area (Å²) in [4.78, 5) is 16.3. The van der Waals surface area contributed by atoms with E-state index in [1.54, 1.807) is 19.4 Å². The lowest BCUT2D eigenvalue weighted by molar-refractivity contribution is 0.0946. The lowest BCUT2D eigenvalue weighted by Gasteiger charge is -2.08. The number of nitrogens with one attached hydrogen (secondary N) is 2. The Balaban J connectivity index is 1.87. The van der Waals surface area contributed by atoms with Crippen LogP contribution in [-0.4, -0.2) is 31.2 Å². The van der Waals surface area contributed by atoms with Crippen LogP contribution in [0.15, 0.2) is 42.6 Å². The number of rotatable bonds is 8. The SMILES string of the molecule is COCCCNc1ccnc(C(=O)NCc2ccc(C)cc2)c1. The molecule has 5 heteroatoms. The molecule has 1 heterocycles. The van der Waals surface area contributed by atoms with Crippen LogP contribution < -0.4 is 10.6 Å². The number of hydrogen-bond acceptors (Lipinski definition) is 4. The summed E-state index contributed by atoms with van der Waals surface area (Å²) in [5.74, 6) is -0.175. The molecule has 0 aliphatic carbocycles. The first-order chi connectivity index (χ1) is 11.2. The van der Waals surface area contributed by atoms with Gasteiger partial charge in [-0.3, -0.25) is 9.78 Å². The van der Waals surface area contributed by atoms with Gasteiger partial charge in [-0.2, -0.15) is 0 Å². The third-order valence-corrected chi connectivity index (χ3v) is 3.42. The van der Waals surface area contributed by atoms with Crippen molar-refractivity contribution in [2.45, 2.75) is 19.9 Å². The van der Waals surface area contributed by atoms with Crippen molar-refractivity contribution in [1.82, 2.24) is 10.3 Å². The molecule has 0 saturated heterocycles. The van der Waals surface area contributed by atoms with Gasteiger partial charge in [0.15, 0.2) is 0 Å². The number of methoxy groups -OCH3 is 1. The quantitative estimate of drug-likeness (QED) is 0.736. The molecule has 0 atom stereocenters. The Morgan fingerprint density at radius 2 is 2.00 bits per heavy atom. The second-order valence-electron chi connectivity index (χ2n) is 5.37. The number of aryl methyl sites for hydroxylation is 1. The number of carbonyl (C=O) groups is 1. The smallest absolute Gasteiger partial charge is 0.270 e. The predicted molar refractivity (Wildman–Crippen MR) is 91.6 cm³/mol. The molecular formula is C18H23N3O2. The molecule has 0 bridgehead atoms. The van der Waals surface area contributed by atoms with Gasteiger partial charge in [-0.05, 0) is 31.0 Å². The molecule has 0 saturated carbocycles. The lowest BCUT2D eigenvalue weighted by atomic mass is 10.1.